The van der Waals surface area contributed by atoms with Crippen molar-refractivity contribution in [2.75, 3.05) is 5.32 Å². The first-order valence-corrected chi connectivity index (χ1v) is 11.9. The molecule has 32 heavy (non-hydrogen) atoms. The van der Waals surface area contributed by atoms with Crippen molar-refractivity contribution in [3.05, 3.63) is 86.9 Å². The van der Waals surface area contributed by atoms with Crippen LogP contribution in [0.4, 0.5) is 10.1 Å². The molecule has 164 valence electrons. The molecule has 0 unspecified atom stereocenters. The molecule has 0 radical (unpaired) electrons. The lowest BCUT2D eigenvalue weighted by Crippen LogP contribution is -2.14. The van der Waals surface area contributed by atoms with Crippen molar-refractivity contribution >= 4 is 46.3 Å². The fourth-order valence-electron chi connectivity index (χ4n) is 3.18. The van der Waals surface area contributed by atoms with Crippen LogP contribution in [0.5, 0.6) is 0 Å². The Morgan fingerprint density at radius 3 is 2.59 bits per heavy atom. The monoisotopic (exact) mass is 486 g/mol. The second-order valence-electron chi connectivity index (χ2n) is 7.32. The van der Waals surface area contributed by atoms with Gasteiger partial charge in [0.1, 0.15) is 11.0 Å². The molecule has 0 saturated carbocycles. The van der Waals surface area contributed by atoms with E-state index in [0.29, 0.717) is 23.5 Å². The molecule has 4 aromatic rings. The van der Waals surface area contributed by atoms with Crippen LogP contribution in [0, 0.1) is 26.6 Å². The Kier molecular flexibility index (Phi) is 6.64. The van der Waals surface area contributed by atoms with E-state index in [2.05, 4.69) is 15.4 Å². The van der Waals surface area contributed by atoms with E-state index >= 15 is 0 Å². The standard InChI is InChI=1S/C23H20ClFN4OS2/c1-13-10-18(32-23-26-14(2)12-31-23)8-9-19(13)27-22(30)20-15(3)28-29(21(20)24)11-16-4-6-17(25)7-5-16/h4-10,12H,11H2,1-3H3,(H,27,30). The molecule has 0 aliphatic heterocycles. The van der Waals surface area contributed by atoms with Crippen LogP contribution in [0.3, 0.4) is 0 Å². The maximum atomic E-state index is 13.1. The van der Waals surface area contributed by atoms with Crippen LogP contribution in [0.25, 0.3) is 0 Å². The SMILES string of the molecule is Cc1csc(Sc2ccc(NC(=O)c3c(C)nn(Cc4ccc(F)cc4)c3Cl)c(C)c2)n1. The summed E-state index contributed by atoms with van der Waals surface area (Å²) in [5, 5.41) is 9.60. The van der Waals surface area contributed by atoms with Gasteiger partial charge in [0.25, 0.3) is 5.91 Å². The average Bonchev–Trinajstić information content (AvgIpc) is 3.27. The number of anilines is 1. The molecule has 2 aromatic carbocycles. The van der Waals surface area contributed by atoms with E-state index in [4.69, 9.17) is 11.6 Å². The maximum absolute atomic E-state index is 13.1. The number of aromatic nitrogens is 3. The van der Waals surface area contributed by atoms with Crippen LogP contribution < -0.4 is 5.32 Å². The van der Waals surface area contributed by atoms with E-state index in [1.165, 1.54) is 12.1 Å². The lowest BCUT2D eigenvalue weighted by atomic mass is 10.2. The minimum absolute atomic E-state index is 0.244. The Labute approximate surface area is 198 Å². The normalized spacial score (nSPS) is 11.0. The third-order valence-electron chi connectivity index (χ3n) is 4.79. The van der Waals surface area contributed by atoms with E-state index in [1.807, 2.05) is 37.4 Å². The third kappa shape index (κ3) is 5.03. The van der Waals surface area contributed by atoms with Gasteiger partial charge in [0.15, 0.2) is 4.34 Å². The molecule has 0 aliphatic rings. The highest BCUT2D eigenvalue weighted by molar-refractivity contribution is 8.01. The molecular formula is C23H20ClFN4OS2. The first-order chi connectivity index (χ1) is 15.3. The molecule has 0 bridgehead atoms. The Morgan fingerprint density at radius 1 is 1.19 bits per heavy atom. The number of nitrogens with zero attached hydrogens (tertiary/aromatic N) is 3. The zero-order valence-electron chi connectivity index (χ0n) is 17.6. The summed E-state index contributed by atoms with van der Waals surface area (Å²) in [4.78, 5) is 18.5. The van der Waals surface area contributed by atoms with Gasteiger partial charge in [-0.1, -0.05) is 35.5 Å². The summed E-state index contributed by atoms with van der Waals surface area (Å²) in [6.07, 6.45) is 0. The predicted octanol–water partition coefficient (Wildman–Crippen LogP) is 6.51. The fraction of sp³-hybridized carbons (Fsp3) is 0.174. The van der Waals surface area contributed by atoms with Crippen molar-refractivity contribution in [1.82, 2.24) is 14.8 Å². The topological polar surface area (TPSA) is 59.8 Å². The van der Waals surface area contributed by atoms with Gasteiger partial charge in [0, 0.05) is 21.7 Å². The smallest absolute Gasteiger partial charge is 0.260 e. The van der Waals surface area contributed by atoms with Crippen LogP contribution in [-0.2, 0) is 6.54 Å². The largest absolute Gasteiger partial charge is 0.322 e. The summed E-state index contributed by atoms with van der Waals surface area (Å²) in [6, 6.07) is 11.9. The lowest BCUT2D eigenvalue weighted by Gasteiger charge is -2.10. The zero-order chi connectivity index (χ0) is 22.8. The van der Waals surface area contributed by atoms with Gasteiger partial charge in [-0.3, -0.25) is 4.79 Å². The molecule has 0 atom stereocenters. The fourth-order valence-corrected chi connectivity index (χ4v) is 5.41. The van der Waals surface area contributed by atoms with Crippen LogP contribution in [0.1, 0.15) is 32.9 Å². The van der Waals surface area contributed by atoms with Gasteiger partial charge in [0.05, 0.1) is 17.8 Å². The molecule has 0 fully saturated rings. The molecule has 5 nitrogen and oxygen atoms in total. The van der Waals surface area contributed by atoms with Crippen LogP contribution in [-0.4, -0.2) is 20.7 Å². The van der Waals surface area contributed by atoms with E-state index < -0.39 is 0 Å². The summed E-state index contributed by atoms with van der Waals surface area (Å²) in [5.41, 5.74) is 4.33. The van der Waals surface area contributed by atoms with Crippen molar-refractivity contribution in [3.8, 4) is 0 Å². The van der Waals surface area contributed by atoms with Gasteiger partial charge >= 0.3 is 0 Å². The van der Waals surface area contributed by atoms with Crippen LogP contribution in [0.15, 0.2) is 57.1 Å². The summed E-state index contributed by atoms with van der Waals surface area (Å²) >= 11 is 9.69. The molecule has 1 N–H and O–H groups in total. The number of amides is 1. The van der Waals surface area contributed by atoms with Gasteiger partial charge < -0.3 is 5.32 Å². The van der Waals surface area contributed by atoms with Crippen molar-refractivity contribution in [2.45, 2.75) is 36.6 Å². The number of carbonyl (C=O) groups excluding carboxylic acids is 1. The first-order valence-electron chi connectivity index (χ1n) is 9.79. The van der Waals surface area contributed by atoms with E-state index in [1.54, 1.807) is 46.8 Å². The van der Waals surface area contributed by atoms with Crippen molar-refractivity contribution in [1.29, 1.82) is 0 Å². The highest BCUT2D eigenvalue weighted by Gasteiger charge is 2.21. The Balaban J connectivity index is 1.50. The number of rotatable bonds is 6. The number of hydrogen-bond donors (Lipinski definition) is 1. The number of thiazole rings is 1. The Hall–Kier alpha value is -2.68. The third-order valence-corrected chi connectivity index (χ3v) is 7.22. The average molecular weight is 487 g/mol. The number of nitrogens with one attached hydrogen (secondary N) is 1. The quantitative estimate of drug-likeness (QED) is 0.337. The van der Waals surface area contributed by atoms with Gasteiger partial charge in [-0.25, -0.2) is 14.1 Å². The van der Waals surface area contributed by atoms with Gasteiger partial charge in [-0.15, -0.1) is 11.3 Å². The molecule has 2 heterocycles. The number of aryl methyl sites for hydroxylation is 3. The number of hydrogen-bond acceptors (Lipinski definition) is 5. The summed E-state index contributed by atoms with van der Waals surface area (Å²) in [6.45, 7) is 6.00. The summed E-state index contributed by atoms with van der Waals surface area (Å²) < 4.78 is 15.7. The van der Waals surface area contributed by atoms with E-state index in [0.717, 1.165) is 26.1 Å². The first kappa shape index (κ1) is 22.5. The van der Waals surface area contributed by atoms with E-state index in [-0.39, 0.29) is 16.9 Å². The lowest BCUT2D eigenvalue weighted by molar-refractivity contribution is 0.102. The number of carbonyl (C=O) groups is 1. The highest BCUT2D eigenvalue weighted by Crippen LogP contribution is 2.32. The van der Waals surface area contributed by atoms with E-state index in [9.17, 15) is 9.18 Å². The van der Waals surface area contributed by atoms with Crippen molar-refractivity contribution in [3.63, 3.8) is 0 Å². The highest BCUT2D eigenvalue weighted by atomic mass is 35.5. The second-order valence-corrected chi connectivity index (χ2v) is 9.86. The maximum Gasteiger partial charge on any atom is 0.260 e. The minimum atomic E-state index is -0.322. The molecular weight excluding hydrogens is 467 g/mol. The van der Waals surface area contributed by atoms with Gasteiger partial charge in [-0.2, -0.15) is 5.10 Å². The molecule has 1 amide bonds. The molecule has 2 aromatic heterocycles. The van der Waals surface area contributed by atoms with Gasteiger partial charge in [-0.05, 0) is 62.2 Å². The van der Waals surface area contributed by atoms with Crippen LogP contribution >= 0.6 is 34.7 Å². The predicted molar refractivity (Wildman–Crippen MR) is 128 cm³/mol. The molecule has 0 saturated heterocycles. The number of halogens is 2. The molecule has 9 heteroatoms. The Bertz CT molecular complexity index is 1280. The Morgan fingerprint density at radius 2 is 1.94 bits per heavy atom. The number of benzene rings is 2. The zero-order valence-corrected chi connectivity index (χ0v) is 20.0. The van der Waals surface area contributed by atoms with Gasteiger partial charge in [0.2, 0.25) is 0 Å². The minimum Gasteiger partial charge on any atom is -0.322 e. The summed E-state index contributed by atoms with van der Waals surface area (Å²) in [5.74, 6) is -0.630. The van der Waals surface area contributed by atoms with Crippen molar-refractivity contribution < 1.29 is 9.18 Å². The molecule has 0 spiro atoms. The second kappa shape index (κ2) is 9.44. The molecule has 0 aliphatic carbocycles. The van der Waals surface area contributed by atoms with Crippen molar-refractivity contribution in [2.24, 2.45) is 0 Å². The molecule has 4 rings (SSSR count). The summed E-state index contributed by atoms with van der Waals surface area (Å²) in [7, 11) is 0. The van der Waals surface area contributed by atoms with Crippen LogP contribution in [0.2, 0.25) is 5.15 Å².